The zero-order valence-corrected chi connectivity index (χ0v) is 12.5. The molecule has 0 saturated carbocycles. The van der Waals surface area contributed by atoms with Gasteiger partial charge in [-0.1, -0.05) is 6.92 Å². The molecule has 0 saturated heterocycles. The molecule has 0 bridgehead atoms. The summed E-state index contributed by atoms with van der Waals surface area (Å²) in [6.45, 7) is 10.5. The Kier molecular flexibility index (Phi) is 5.11. The first kappa shape index (κ1) is 15.7. The first-order chi connectivity index (χ1) is 8.75. The Morgan fingerprint density at radius 1 is 1.53 bits per heavy atom. The van der Waals surface area contributed by atoms with Gasteiger partial charge in [-0.3, -0.25) is 9.48 Å². The van der Waals surface area contributed by atoms with E-state index in [0.29, 0.717) is 25.1 Å². The average molecular weight is 267 g/mol. The third-order valence-electron chi connectivity index (χ3n) is 2.99. The number of carbonyl (C=O) groups is 1. The predicted octanol–water partition coefficient (Wildman–Crippen LogP) is 1.84. The molecule has 0 fully saturated rings. The smallest absolute Gasteiger partial charge is 0.271 e. The van der Waals surface area contributed by atoms with E-state index in [1.165, 1.54) is 0 Å². The number of hydrogen-bond acceptors (Lipinski definition) is 3. The Labute approximate surface area is 115 Å². The van der Waals surface area contributed by atoms with Crippen molar-refractivity contribution in [1.82, 2.24) is 15.1 Å². The minimum Gasteiger partial charge on any atom is -0.393 e. The van der Waals surface area contributed by atoms with Gasteiger partial charge in [0.2, 0.25) is 0 Å². The van der Waals surface area contributed by atoms with Crippen molar-refractivity contribution in [2.75, 3.05) is 6.54 Å². The lowest BCUT2D eigenvalue weighted by Crippen LogP contribution is -2.28. The minimum absolute atomic E-state index is 0.138. The van der Waals surface area contributed by atoms with Gasteiger partial charge in [0.1, 0.15) is 5.69 Å². The number of hydrogen-bond donors (Lipinski definition) is 2. The molecular weight excluding hydrogens is 242 g/mol. The maximum absolute atomic E-state index is 11.9. The normalized spacial score (nSPS) is 13.4. The standard InChI is InChI=1S/C14H25N3O2/c1-6-11(18)7-8-15-13(19)12-9-10(2)17(16-12)14(3,4)5/h9,11,18H,6-8H2,1-5H3,(H,15,19). The Morgan fingerprint density at radius 2 is 2.16 bits per heavy atom. The third-order valence-corrected chi connectivity index (χ3v) is 2.99. The number of rotatable bonds is 5. The van der Waals surface area contributed by atoms with Gasteiger partial charge in [0, 0.05) is 12.2 Å². The van der Waals surface area contributed by atoms with Crippen LogP contribution in [0.4, 0.5) is 0 Å². The SMILES string of the molecule is CCC(O)CCNC(=O)c1cc(C)n(C(C)(C)C)n1. The fraction of sp³-hybridized carbons (Fsp3) is 0.714. The van der Waals surface area contributed by atoms with Crippen molar-refractivity contribution in [3.8, 4) is 0 Å². The topological polar surface area (TPSA) is 67.2 Å². The summed E-state index contributed by atoms with van der Waals surface area (Å²) in [4.78, 5) is 11.9. The van der Waals surface area contributed by atoms with Gasteiger partial charge in [0.05, 0.1) is 11.6 Å². The quantitative estimate of drug-likeness (QED) is 0.855. The molecule has 1 aromatic heterocycles. The number of nitrogens with zero attached hydrogens (tertiary/aromatic N) is 2. The van der Waals surface area contributed by atoms with Gasteiger partial charge in [0.25, 0.3) is 5.91 Å². The molecule has 108 valence electrons. The van der Waals surface area contributed by atoms with E-state index < -0.39 is 0 Å². The summed E-state index contributed by atoms with van der Waals surface area (Å²) < 4.78 is 1.85. The molecule has 1 heterocycles. The van der Waals surface area contributed by atoms with Gasteiger partial charge in [-0.15, -0.1) is 0 Å². The fourth-order valence-corrected chi connectivity index (χ4v) is 1.91. The second-order valence-electron chi connectivity index (χ2n) is 5.86. The lowest BCUT2D eigenvalue weighted by molar-refractivity contribution is 0.0935. The Bertz CT molecular complexity index is 432. The number of aryl methyl sites for hydroxylation is 1. The van der Waals surface area contributed by atoms with Crippen molar-refractivity contribution in [2.45, 2.75) is 59.1 Å². The molecule has 1 atom stereocenters. The van der Waals surface area contributed by atoms with E-state index >= 15 is 0 Å². The molecule has 2 N–H and O–H groups in total. The average Bonchev–Trinajstić information content (AvgIpc) is 2.70. The zero-order valence-electron chi connectivity index (χ0n) is 12.5. The molecule has 0 spiro atoms. The molecule has 19 heavy (non-hydrogen) atoms. The van der Waals surface area contributed by atoms with Gasteiger partial charge in [-0.2, -0.15) is 5.10 Å². The van der Waals surface area contributed by atoms with Gasteiger partial charge < -0.3 is 10.4 Å². The van der Waals surface area contributed by atoms with Crippen LogP contribution in [-0.4, -0.2) is 33.4 Å². The summed E-state index contributed by atoms with van der Waals surface area (Å²) in [6, 6.07) is 1.79. The highest BCUT2D eigenvalue weighted by atomic mass is 16.3. The van der Waals surface area contributed by atoms with E-state index in [0.717, 1.165) is 5.69 Å². The summed E-state index contributed by atoms with van der Waals surface area (Å²) in [5.74, 6) is -0.186. The van der Waals surface area contributed by atoms with Crippen LogP contribution in [0.15, 0.2) is 6.07 Å². The molecule has 0 radical (unpaired) electrons. The number of carbonyl (C=O) groups excluding carboxylic acids is 1. The number of aromatic nitrogens is 2. The third kappa shape index (κ3) is 4.35. The highest BCUT2D eigenvalue weighted by Crippen LogP contribution is 2.16. The van der Waals surface area contributed by atoms with Gasteiger partial charge in [-0.05, 0) is 46.6 Å². The van der Waals surface area contributed by atoms with E-state index in [4.69, 9.17) is 0 Å². The molecule has 0 aliphatic heterocycles. The maximum atomic E-state index is 11.9. The molecule has 0 aliphatic rings. The van der Waals surface area contributed by atoms with Crippen LogP contribution in [0, 0.1) is 6.92 Å². The van der Waals surface area contributed by atoms with Crippen LogP contribution in [0.5, 0.6) is 0 Å². The Morgan fingerprint density at radius 3 is 2.63 bits per heavy atom. The van der Waals surface area contributed by atoms with Crippen molar-refractivity contribution in [2.24, 2.45) is 0 Å². The summed E-state index contributed by atoms with van der Waals surface area (Å²) in [6.07, 6.45) is 0.920. The number of aliphatic hydroxyl groups is 1. The zero-order chi connectivity index (χ0) is 14.6. The van der Waals surface area contributed by atoms with Gasteiger partial charge >= 0.3 is 0 Å². The molecule has 5 heteroatoms. The monoisotopic (exact) mass is 267 g/mol. The molecule has 5 nitrogen and oxygen atoms in total. The second kappa shape index (κ2) is 6.19. The number of aliphatic hydroxyl groups excluding tert-OH is 1. The molecule has 0 aromatic carbocycles. The van der Waals surface area contributed by atoms with Crippen LogP contribution in [0.2, 0.25) is 0 Å². The predicted molar refractivity (Wildman–Crippen MR) is 75.2 cm³/mol. The largest absolute Gasteiger partial charge is 0.393 e. The highest BCUT2D eigenvalue weighted by molar-refractivity contribution is 5.92. The Balaban J connectivity index is 2.64. The van der Waals surface area contributed by atoms with Crippen molar-refractivity contribution in [3.63, 3.8) is 0 Å². The molecule has 1 amide bonds. The van der Waals surface area contributed by atoms with Crippen molar-refractivity contribution in [3.05, 3.63) is 17.5 Å². The van der Waals surface area contributed by atoms with Gasteiger partial charge in [0.15, 0.2) is 0 Å². The van der Waals surface area contributed by atoms with E-state index in [-0.39, 0.29) is 17.6 Å². The minimum atomic E-state index is -0.353. The van der Waals surface area contributed by atoms with Gasteiger partial charge in [-0.25, -0.2) is 0 Å². The molecule has 1 aromatic rings. The fourth-order valence-electron chi connectivity index (χ4n) is 1.91. The lowest BCUT2D eigenvalue weighted by atomic mass is 10.1. The van der Waals surface area contributed by atoms with Crippen LogP contribution in [-0.2, 0) is 5.54 Å². The van der Waals surface area contributed by atoms with Crippen molar-refractivity contribution >= 4 is 5.91 Å². The summed E-state index contributed by atoms with van der Waals surface area (Å²) in [5, 5.41) is 16.5. The maximum Gasteiger partial charge on any atom is 0.271 e. The lowest BCUT2D eigenvalue weighted by Gasteiger charge is -2.21. The molecule has 1 rings (SSSR count). The van der Waals surface area contributed by atoms with E-state index in [9.17, 15) is 9.90 Å². The summed E-state index contributed by atoms with van der Waals surface area (Å²) >= 11 is 0. The second-order valence-corrected chi connectivity index (χ2v) is 5.86. The van der Waals surface area contributed by atoms with Crippen LogP contribution in [0.3, 0.4) is 0 Å². The highest BCUT2D eigenvalue weighted by Gasteiger charge is 2.20. The number of amides is 1. The summed E-state index contributed by atoms with van der Waals surface area (Å²) in [5.41, 5.74) is 1.26. The van der Waals surface area contributed by atoms with Crippen LogP contribution in [0.25, 0.3) is 0 Å². The molecule has 1 unspecified atom stereocenters. The van der Waals surface area contributed by atoms with Crippen LogP contribution >= 0.6 is 0 Å². The van der Waals surface area contributed by atoms with Crippen molar-refractivity contribution in [1.29, 1.82) is 0 Å². The van der Waals surface area contributed by atoms with E-state index in [1.807, 2.05) is 39.3 Å². The first-order valence-electron chi connectivity index (χ1n) is 6.79. The van der Waals surface area contributed by atoms with Crippen LogP contribution < -0.4 is 5.32 Å². The summed E-state index contributed by atoms with van der Waals surface area (Å²) in [7, 11) is 0. The molecule has 0 aliphatic carbocycles. The van der Waals surface area contributed by atoms with E-state index in [1.54, 1.807) is 6.07 Å². The van der Waals surface area contributed by atoms with E-state index in [2.05, 4.69) is 10.4 Å². The number of nitrogens with one attached hydrogen (secondary N) is 1. The van der Waals surface area contributed by atoms with Crippen LogP contribution in [0.1, 0.15) is 56.7 Å². The molecular formula is C14H25N3O2. The Hall–Kier alpha value is -1.36. The van der Waals surface area contributed by atoms with Crippen molar-refractivity contribution < 1.29 is 9.90 Å². The first-order valence-corrected chi connectivity index (χ1v) is 6.79.